The van der Waals surface area contributed by atoms with Crippen LogP contribution in [-0.2, 0) is 18.6 Å². The van der Waals surface area contributed by atoms with Gasteiger partial charge in [-0.05, 0) is 6.92 Å². The molecule has 4 atom stereocenters. The third kappa shape index (κ3) is 3.49. The molecule has 0 bridgehead atoms. The molecule has 1 rings (SSSR count). The topological polar surface area (TPSA) is 105 Å². The van der Waals surface area contributed by atoms with Gasteiger partial charge in [0, 0.05) is 7.11 Å². The number of aliphatic hydroxyl groups is 1. The number of hydrogen-bond acceptors (Lipinski definition) is 5. The normalized spacial score (nSPS) is 37.1. The third-order valence-electron chi connectivity index (χ3n) is 2.25. The Morgan fingerprint density at radius 3 is 2.47 bits per heavy atom. The smallest absolute Gasteiger partial charge is 0.387 e. The van der Waals surface area contributed by atoms with Crippen molar-refractivity contribution in [2.75, 3.05) is 13.7 Å². The van der Waals surface area contributed by atoms with Crippen LogP contribution in [0.1, 0.15) is 6.92 Å². The molecule has 1 saturated heterocycles. The summed E-state index contributed by atoms with van der Waals surface area (Å²) in [5.74, 6) is 0. The Bertz CT molecular complexity index is 252. The molecule has 1 aliphatic rings. The maximum atomic E-state index is 10.4. The Morgan fingerprint density at radius 2 is 2.07 bits per heavy atom. The van der Waals surface area contributed by atoms with Gasteiger partial charge >= 0.3 is 7.82 Å². The van der Waals surface area contributed by atoms with Crippen LogP contribution in [0.15, 0.2) is 0 Å². The van der Waals surface area contributed by atoms with Gasteiger partial charge < -0.3 is 24.4 Å². The first kappa shape index (κ1) is 13.1. The summed E-state index contributed by atoms with van der Waals surface area (Å²) >= 11 is 0. The van der Waals surface area contributed by atoms with Crippen molar-refractivity contribution in [3.05, 3.63) is 0 Å². The minimum Gasteiger partial charge on any atom is -0.387 e. The molecule has 0 aromatic heterocycles. The molecule has 15 heavy (non-hydrogen) atoms. The molecule has 8 heteroatoms. The van der Waals surface area contributed by atoms with E-state index >= 15 is 0 Å². The van der Waals surface area contributed by atoms with Crippen molar-refractivity contribution in [2.24, 2.45) is 0 Å². The van der Waals surface area contributed by atoms with E-state index in [1.807, 2.05) is 0 Å². The minimum absolute atomic E-state index is 0.338. The standard InChI is InChI=1S/C7H15O7P/c1-4-7(12-2)6(8)5(14-4)3-13-15(9,10)11/h4-8H,3H2,1-2H3,(H2,9,10,11)/t4-,5+,6+,7-/m0/s1. The predicted molar refractivity (Wildman–Crippen MR) is 49.1 cm³/mol. The van der Waals surface area contributed by atoms with Gasteiger partial charge in [-0.2, -0.15) is 0 Å². The lowest BCUT2D eigenvalue weighted by Crippen LogP contribution is -2.35. The maximum Gasteiger partial charge on any atom is 0.469 e. The fourth-order valence-electron chi connectivity index (χ4n) is 1.56. The van der Waals surface area contributed by atoms with Gasteiger partial charge in [0.15, 0.2) is 0 Å². The van der Waals surface area contributed by atoms with Gasteiger partial charge in [0.1, 0.15) is 18.3 Å². The Kier molecular flexibility index (Phi) is 4.25. The van der Waals surface area contributed by atoms with E-state index in [0.29, 0.717) is 0 Å². The van der Waals surface area contributed by atoms with Crippen molar-refractivity contribution in [3.8, 4) is 0 Å². The van der Waals surface area contributed by atoms with Gasteiger partial charge in [0.05, 0.1) is 12.7 Å². The van der Waals surface area contributed by atoms with Gasteiger partial charge in [-0.3, -0.25) is 4.52 Å². The molecular formula is C7H15O7P. The first-order valence-corrected chi connectivity index (χ1v) is 5.94. The predicted octanol–water partition coefficient (Wildman–Crippen LogP) is -0.741. The molecular weight excluding hydrogens is 227 g/mol. The lowest BCUT2D eigenvalue weighted by atomic mass is 10.1. The molecule has 0 spiro atoms. The van der Waals surface area contributed by atoms with Crippen LogP contribution < -0.4 is 0 Å². The highest BCUT2D eigenvalue weighted by Crippen LogP contribution is 2.37. The fraction of sp³-hybridized carbons (Fsp3) is 1.00. The Balaban J connectivity index is 2.48. The average Bonchev–Trinajstić information content (AvgIpc) is 2.37. The number of phosphoric ester groups is 1. The molecule has 1 fully saturated rings. The summed E-state index contributed by atoms with van der Waals surface area (Å²) in [6, 6.07) is 0. The molecule has 1 heterocycles. The number of aliphatic hydroxyl groups excluding tert-OH is 1. The van der Waals surface area contributed by atoms with Gasteiger partial charge in [0.2, 0.25) is 0 Å². The quantitative estimate of drug-likeness (QED) is 0.557. The van der Waals surface area contributed by atoms with Gasteiger partial charge in [-0.15, -0.1) is 0 Å². The average molecular weight is 242 g/mol. The Morgan fingerprint density at radius 1 is 1.47 bits per heavy atom. The molecule has 0 radical (unpaired) electrons. The van der Waals surface area contributed by atoms with Crippen molar-refractivity contribution in [1.82, 2.24) is 0 Å². The van der Waals surface area contributed by atoms with E-state index in [-0.39, 0.29) is 12.7 Å². The molecule has 90 valence electrons. The van der Waals surface area contributed by atoms with Gasteiger partial charge in [0.25, 0.3) is 0 Å². The molecule has 0 saturated carbocycles. The zero-order valence-corrected chi connectivity index (χ0v) is 9.33. The summed E-state index contributed by atoms with van der Waals surface area (Å²) in [5, 5.41) is 9.63. The first-order chi connectivity index (χ1) is 6.85. The molecule has 0 unspecified atom stereocenters. The van der Waals surface area contributed by atoms with Crippen molar-refractivity contribution < 1.29 is 33.5 Å². The lowest BCUT2D eigenvalue weighted by molar-refractivity contribution is -0.0172. The fourth-order valence-corrected chi connectivity index (χ4v) is 1.90. The zero-order valence-electron chi connectivity index (χ0n) is 8.44. The van der Waals surface area contributed by atoms with Crippen LogP contribution in [0.2, 0.25) is 0 Å². The van der Waals surface area contributed by atoms with E-state index in [2.05, 4.69) is 4.52 Å². The summed E-state index contributed by atoms with van der Waals surface area (Å²) in [4.78, 5) is 16.9. The summed E-state index contributed by atoms with van der Waals surface area (Å²) < 4.78 is 24.9. The molecule has 0 aromatic carbocycles. The molecule has 0 aliphatic carbocycles. The van der Waals surface area contributed by atoms with E-state index in [1.54, 1.807) is 6.92 Å². The van der Waals surface area contributed by atoms with Crippen molar-refractivity contribution in [2.45, 2.75) is 31.3 Å². The molecule has 7 nitrogen and oxygen atoms in total. The minimum atomic E-state index is -4.52. The number of phosphoric acid groups is 1. The van der Waals surface area contributed by atoms with Crippen LogP contribution >= 0.6 is 7.82 Å². The Hall–Kier alpha value is -0.0100. The number of rotatable bonds is 4. The van der Waals surface area contributed by atoms with Crippen LogP contribution in [0.5, 0.6) is 0 Å². The largest absolute Gasteiger partial charge is 0.469 e. The van der Waals surface area contributed by atoms with Crippen molar-refractivity contribution in [3.63, 3.8) is 0 Å². The van der Waals surface area contributed by atoms with Crippen LogP contribution in [0.4, 0.5) is 0 Å². The van der Waals surface area contributed by atoms with E-state index < -0.39 is 26.1 Å². The number of ether oxygens (including phenoxy) is 2. The van der Waals surface area contributed by atoms with E-state index in [4.69, 9.17) is 19.3 Å². The van der Waals surface area contributed by atoms with Crippen LogP contribution in [-0.4, -0.2) is 53.0 Å². The van der Waals surface area contributed by atoms with Crippen LogP contribution in [0, 0.1) is 0 Å². The monoisotopic (exact) mass is 242 g/mol. The van der Waals surface area contributed by atoms with Crippen LogP contribution in [0.25, 0.3) is 0 Å². The second-order valence-electron chi connectivity index (χ2n) is 3.36. The highest BCUT2D eigenvalue weighted by molar-refractivity contribution is 7.46. The van der Waals surface area contributed by atoms with Crippen molar-refractivity contribution in [1.29, 1.82) is 0 Å². The number of methoxy groups -OCH3 is 1. The SMILES string of the molecule is CO[C@@H]1[C@H](O)[C@@H](COP(=O)(O)O)O[C@H]1C. The van der Waals surface area contributed by atoms with Gasteiger partial charge in [-0.25, -0.2) is 4.57 Å². The zero-order chi connectivity index (χ0) is 11.6. The summed E-state index contributed by atoms with van der Waals surface area (Å²) in [7, 11) is -3.09. The summed E-state index contributed by atoms with van der Waals surface area (Å²) in [6.45, 7) is 1.34. The third-order valence-corrected chi connectivity index (χ3v) is 2.73. The van der Waals surface area contributed by atoms with Crippen molar-refractivity contribution >= 4 is 7.82 Å². The Labute approximate surface area is 87.2 Å². The molecule has 1 aliphatic heterocycles. The second kappa shape index (κ2) is 4.88. The molecule has 3 N–H and O–H groups in total. The molecule has 0 aromatic rings. The van der Waals surface area contributed by atoms with Crippen LogP contribution in [0.3, 0.4) is 0 Å². The summed E-state index contributed by atoms with van der Waals surface area (Å²) in [5.41, 5.74) is 0. The highest BCUT2D eigenvalue weighted by Gasteiger charge is 2.42. The highest BCUT2D eigenvalue weighted by atomic mass is 31.2. The number of hydrogen-bond donors (Lipinski definition) is 3. The van der Waals surface area contributed by atoms with Gasteiger partial charge in [-0.1, -0.05) is 0 Å². The van der Waals surface area contributed by atoms with E-state index in [9.17, 15) is 9.67 Å². The molecule has 0 amide bonds. The van der Waals surface area contributed by atoms with E-state index in [0.717, 1.165) is 0 Å². The first-order valence-electron chi connectivity index (χ1n) is 4.41. The summed E-state index contributed by atoms with van der Waals surface area (Å²) in [6.07, 6.45) is -2.57. The second-order valence-corrected chi connectivity index (χ2v) is 4.60. The lowest BCUT2D eigenvalue weighted by Gasteiger charge is -2.16. The maximum absolute atomic E-state index is 10.4. The van der Waals surface area contributed by atoms with E-state index in [1.165, 1.54) is 7.11 Å².